The molecule has 0 aliphatic carbocycles. The van der Waals surface area contributed by atoms with Crippen LogP contribution in [-0.2, 0) is 0 Å². The van der Waals surface area contributed by atoms with E-state index in [4.69, 9.17) is 4.74 Å². The summed E-state index contributed by atoms with van der Waals surface area (Å²) in [5.74, 6) is 0.900. The minimum atomic E-state index is 0.205. The number of benzene rings is 2. The van der Waals surface area contributed by atoms with Gasteiger partial charge < -0.3 is 10.1 Å². The van der Waals surface area contributed by atoms with Gasteiger partial charge in [0.25, 0.3) is 0 Å². The molecule has 2 rings (SSSR count). The Morgan fingerprint density at radius 1 is 1.05 bits per heavy atom. The fourth-order valence-electron chi connectivity index (χ4n) is 2.69. The molecule has 2 aromatic carbocycles. The average molecular weight is 269 g/mol. The van der Waals surface area contributed by atoms with Crippen molar-refractivity contribution in [3.05, 3.63) is 64.7 Å². The second-order valence-corrected chi connectivity index (χ2v) is 5.07. The van der Waals surface area contributed by atoms with Crippen LogP contribution in [0.25, 0.3) is 0 Å². The highest BCUT2D eigenvalue weighted by atomic mass is 16.5. The van der Waals surface area contributed by atoms with E-state index >= 15 is 0 Å². The van der Waals surface area contributed by atoms with E-state index in [1.54, 1.807) is 7.11 Å². The zero-order chi connectivity index (χ0) is 14.5. The highest BCUT2D eigenvalue weighted by Crippen LogP contribution is 2.29. The summed E-state index contributed by atoms with van der Waals surface area (Å²) in [6, 6.07) is 15.0. The lowest BCUT2D eigenvalue weighted by Crippen LogP contribution is -2.23. The number of rotatable bonds is 5. The van der Waals surface area contributed by atoms with E-state index in [-0.39, 0.29) is 6.04 Å². The first-order valence-electron chi connectivity index (χ1n) is 7.10. The van der Waals surface area contributed by atoms with Gasteiger partial charge >= 0.3 is 0 Å². The number of methoxy groups -OCH3 is 1. The summed E-state index contributed by atoms with van der Waals surface area (Å²) in [5.41, 5.74) is 5.24. The quantitative estimate of drug-likeness (QED) is 0.885. The summed E-state index contributed by atoms with van der Waals surface area (Å²) in [6.45, 7) is 7.41. The average Bonchev–Trinajstić information content (AvgIpc) is 2.46. The molecule has 1 atom stereocenters. The van der Waals surface area contributed by atoms with Gasteiger partial charge in [0.15, 0.2) is 0 Å². The molecule has 2 heteroatoms. The van der Waals surface area contributed by atoms with Crippen LogP contribution < -0.4 is 10.1 Å². The second-order valence-electron chi connectivity index (χ2n) is 5.07. The van der Waals surface area contributed by atoms with Gasteiger partial charge in [-0.1, -0.05) is 37.3 Å². The van der Waals surface area contributed by atoms with Gasteiger partial charge in [-0.2, -0.15) is 0 Å². The van der Waals surface area contributed by atoms with Crippen molar-refractivity contribution in [3.63, 3.8) is 0 Å². The Labute approximate surface area is 121 Å². The van der Waals surface area contributed by atoms with Gasteiger partial charge in [0.2, 0.25) is 0 Å². The van der Waals surface area contributed by atoms with Gasteiger partial charge in [0, 0.05) is 0 Å². The van der Waals surface area contributed by atoms with Crippen molar-refractivity contribution in [3.8, 4) is 5.75 Å². The van der Waals surface area contributed by atoms with Crippen molar-refractivity contribution >= 4 is 0 Å². The van der Waals surface area contributed by atoms with Crippen molar-refractivity contribution in [1.29, 1.82) is 0 Å². The number of hydrogen-bond acceptors (Lipinski definition) is 2. The SMILES string of the molecule is CCNC(c1cccc(OC)c1)c1c(C)cccc1C. The predicted octanol–water partition coefficient (Wildman–Crippen LogP) is 4.01. The molecule has 0 radical (unpaired) electrons. The van der Waals surface area contributed by atoms with Crippen LogP contribution in [0.1, 0.15) is 35.2 Å². The van der Waals surface area contributed by atoms with E-state index in [1.807, 2.05) is 12.1 Å². The Kier molecular flexibility index (Phi) is 4.80. The molecule has 0 aliphatic rings. The zero-order valence-electron chi connectivity index (χ0n) is 12.7. The largest absolute Gasteiger partial charge is 0.497 e. The van der Waals surface area contributed by atoms with Crippen molar-refractivity contribution in [2.45, 2.75) is 26.8 Å². The third-order valence-electron chi connectivity index (χ3n) is 3.67. The molecular formula is C18H23NO. The molecule has 106 valence electrons. The van der Waals surface area contributed by atoms with Gasteiger partial charge in [0.05, 0.1) is 13.2 Å². The Morgan fingerprint density at radius 2 is 1.70 bits per heavy atom. The molecule has 0 spiro atoms. The standard InChI is InChI=1S/C18H23NO/c1-5-19-18(15-10-7-11-16(12-15)20-4)17-13(2)8-6-9-14(17)3/h6-12,18-19H,5H2,1-4H3. The van der Waals surface area contributed by atoms with E-state index in [2.05, 4.69) is 56.4 Å². The summed E-state index contributed by atoms with van der Waals surface area (Å²) in [6.07, 6.45) is 0. The molecule has 0 aliphatic heterocycles. The van der Waals surface area contributed by atoms with Crippen molar-refractivity contribution < 1.29 is 4.74 Å². The normalized spacial score (nSPS) is 12.2. The summed E-state index contributed by atoms with van der Waals surface area (Å²) in [7, 11) is 1.71. The maximum Gasteiger partial charge on any atom is 0.119 e. The molecule has 0 bridgehead atoms. The van der Waals surface area contributed by atoms with E-state index in [9.17, 15) is 0 Å². The molecule has 1 unspecified atom stereocenters. The monoisotopic (exact) mass is 269 g/mol. The first-order valence-corrected chi connectivity index (χ1v) is 7.10. The Balaban J connectivity index is 2.50. The lowest BCUT2D eigenvalue weighted by atomic mass is 9.91. The number of aryl methyl sites for hydroxylation is 2. The molecule has 0 heterocycles. The molecule has 2 aromatic rings. The van der Waals surface area contributed by atoms with Gasteiger partial charge in [-0.25, -0.2) is 0 Å². The molecule has 0 saturated carbocycles. The van der Waals surface area contributed by atoms with Gasteiger partial charge in [-0.15, -0.1) is 0 Å². The van der Waals surface area contributed by atoms with E-state index in [0.717, 1.165) is 12.3 Å². The third-order valence-corrected chi connectivity index (χ3v) is 3.67. The number of hydrogen-bond donors (Lipinski definition) is 1. The molecule has 1 N–H and O–H groups in total. The van der Waals surface area contributed by atoms with Crippen molar-refractivity contribution in [2.24, 2.45) is 0 Å². The van der Waals surface area contributed by atoms with E-state index < -0.39 is 0 Å². The summed E-state index contributed by atoms with van der Waals surface area (Å²) in [5, 5.41) is 3.59. The maximum atomic E-state index is 5.35. The minimum Gasteiger partial charge on any atom is -0.497 e. The predicted molar refractivity (Wildman–Crippen MR) is 84.4 cm³/mol. The first-order chi connectivity index (χ1) is 9.67. The van der Waals surface area contributed by atoms with Crippen molar-refractivity contribution in [1.82, 2.24) is 5.32 Å². The smallest absolute Gasteiger partial charge is 0.119 e. The summed E-state index contributed by atoms with van der Waals surface area (Å²) < 4.78 is 5.35. The van der Waals surface area contributed by atoms with E-state index in [0.29, 0.717) is 0 Å². The summed E-state index contributed by atoms with van der Waals surface area (Å²) >= 11 is 0. The van der Waals surface area contributed by atoms with Crippen LogP contribution in [0.15, 0.2) is 42.5 Å². The fourth-order valence-corrected chi connectivity index (χ4v) is 2.69. The van der Waals surface area contributed by atoms with Gasteiger partial charge in [-0.05, 0) is 54.8 Å². The van der Waals surface area contributed by atoms with Crippen LogP contribution in [0.2, 0.25) is 0 Å². The third kappa shape index (κ3) is 3.02. The van der Waals surface area contributed by atoms with Crippen LogP contribution in [-0.4, -0.2) is 13.7 Å². The van der Waals surface area contributed by atoms with E-state index in [1.165, 1.54) is 22.3 Å². The van der Waals surface area contributed by atoms with Crippen LogP contribution in [0.4, 0.5) is 0 Å². The van der Waals surface area contributed by atoms with Crippen LogP contribution in [0.5, 0.6) is 5.75 Å². The Bertz CT molecular complexity index is 557. The summed E-state index contributed by atoms with van der Waals surface area (Å²) in [4.78, 5) is 0. The second kappa shape index (κ2) is 6.58. The maximum absolute atomic E-state index is 5.35. The Hall–Kier alpha value is -1.80. The number of nitrogens with one attached hydrogen (secondary N) is 1. The van der Waals surface area contributed by atoms with Crippen LogP contribution >= 0.6 is 0 Å². The topological polar surface area (TPSA) is 21.3 Å². The molecule has 0 aromatic heterocycles. The van der Waals surface area contributed by atoms with Crippen LogP contribution in [0, 0.1) is 13.8 Å². The first kappa shape index (κ1) is 14.6. The highest BCUT2D eigenvalue weighted by molar-refractivity contribution is 5.43. The molecule has 0 saturated heterocycles. The van der Waals surface area contributed by atoms with Gasteiger partial charge in [-0.3, -0.25) is 0 Å². The minimum absolute atomic E-state index is 0.205. The van der Waals surface area contributed by atoms with Gasteiger partial charge in [0.1, 0.15) is 5.75 Å². The van der Waals surface area contributed by atoms with Crippen molar-refractivity contribution in [2.75, 3.05) is 13.7 Å². The lowest BCUT2D eigenvalue weighted by molar-refractivity contribution is 0.413. The lowest BCUT2D eigenvalue weighted by Gasteiger charge is -2.23. The fraction of sp³-hybridized carbons (Fsp3) is 0.333. The highest BCUT2D eigenvalue weighted by Gasteiger charge is 2.17. The molecule has 0 amide bonds. The van der Waals surface area contributed by atoms with Crippen LogP contribution in [0.3, 0.4) is 0 Å². The molecular weight excluding hydrogens is 246 g/mol. The molecule has 20 heavy (non-hydrogen) atoms. The molecule has 0 fully saturated rings. The number of ether oxygens (including phenoxy) is 1. The zero-order valence-corrected chi connectivity index (χ0v) is 12.7. The molecule has 2 nitrogen and oxygen atoms in total. The Morgan fingerprint density at radius 3 is 2.30 bits per heavy atom.